The van der Waals surface area contributed by atoms with Crippen molar-refractivity contribution in [2.24, 2.45) is 0 Å². The first kappa shape index (κ1) is 14.8. The second-order valence-electron chi connectivity index (χ2n) is 5.31. The Labute approximate surface area is 148 Å². The van der Waals surface area contributed by atoms with Gasteiger partial charge >= 0.3 is 0 Å². The molecule has 0 bridgehead atoms. The van der Waals surface area contributed by atoms with Crippen LogP contribution in [0.5, 0.6) is 0 Å². The third-order valence-electron chi connectivity index (χ3n) is 3.90. The molecule has 0 aromatic carbocycles. The average Bonchev–Trinajstić information content (AvgIpc) is 3.09. The molecule has 0 unspecified atom stereocenters. The summed E-state index contributed by atoms with van der Waals surface area (Å²) in [6.07, 6.45) is 2.51. The first-order valence-electron chi connectivity index (χ1n) is 7.01. The van der Waals surface area contributed by atoms with E-state index in [0.29, 0.717) is 23.3 Å². The van der Waals surface area contributed by atoms with Crippen molar-refractivity contribution in [3.05, 3.63) is 51.1 Å². The van der Waals surface area contributed by atoms with Crippen LogP contribution < -0.4 is 5.01 Å². The second kappa shape index (κ2) is 5.38. The molecule has 0 fully saturated rings. The molecule has 0 saturated carbocycles. The summed E-state index contributed by atoms with van der Waals surface area (Å²) in [6.45, 7) is 0.555. The third kappa shape index (κ3) is 2.46. The molecular formula is C15H12Br2N4O2. The molecule has 6 nitrogen and oxygen atoms in total. The Hall–Kier alpha value is -1.80. The number of furan rings is 1. The number of carbonyl (C=O) groups is 1. The largest absolute Gasteiger partial charge is 0.452 e. The number of fused-ring (bicyclic) bond motifs is 2. The molecule has 4 rings (SSSR count). The molecule has 0 aliphatic carbocycles. The maximum atomic E-state index is 12.8. The lowest BCUT2D eigenvalue weighted by atomic mass is 10.2. The van der Waals surface area contributed by atoms with Gasteiger partial charge in [-0.2, -0.15) is 5.10 Å². The van der Waals surface area contributed by atoms with E-state index in [2.05, 4.69) is 37.0 Å². The van der Waals surface area contributed by atoms with Crippen LogP contribution in [0, 0.1) is 0 Å². The minimum Gasteiger partial charge on any atom is -0.452 e. The monoisotopic (exact) mass is 438 g/mol. The second-order valence-corrected chi connectivity index (χ2v) is 7.00. The third-order valence-corrected chi connectivity index (χ3v) is 4.75. The fraction of sp³-hybridized carbons (Fsp3) is 0.200. The molecule has 0 spiro atoms. The van der Waals surface area contributed by atoms with Crippen LogP contribution in [0.1, 0.15) is 16.2 Å². The highest BCUT2D eigenvalue weighted by atomic mass is 79.9. The van der Waals surface area contributed by atoms with Crippen LogP contribution in [0.4, 0.5) is 5.69 Å². The van der Waals surface area contributed by atoms with Crippen molar-refractivity contribution in [1.82, 2.24) is 14.6 Å². The molecule has 0 radical (unpaired) electrons. The maximum absolute atomic E-state index is 12.8. The van der Waals surface area contributed by atoms with Gasteiger partial charge in [0.1, 0.15) is 5.76 Å². The van der Waals surface area contributed by atoms with Gasteiger partial charge in [-0.05, 0) is 50.1 Å². The number of nitrogens with zero attached hydrogens (tertiary/aromatic N) is 4. The summed E-state index contributed by atoms with van der Waals surface area (Å²) in [6, 6.07) is 7.51. The van der Waals surface area contributed by atoms with Gasteiger partial charge < -0.3 is 4.42 Å². The maximum Gasteiger partial charge on any atom is 0.292 e. The lowest BCUT2D eigenvalue weighted by molar-refractivity contribution is 0.0728. The van der Waals surface area contributed by atoms with E-state index in [1.165, 1.54) is 0 Å². The van der Waals surface area contributed by atoms with Gasteiger partial charge in [-0.3, -0.25) is 9.80 Å². The van der Waals surface area contributed by atoms with Gasteiger partial charge in [0.25, 0.3) is 5.91 Å². The van der Waals surface area contributed by atoms with E-state index in [0.717, 1.165) is 21.4 Å². The van der Waals surface area contributed by atoms with E-state index in [1.807, 2.05) is 36.5 Å². The highest BCUT2D eigenvalue weighted by molar-refractivity contribution is 9.10. The van der Waals surface area contributed by atoms with Crippen molar-refractivity contribution < 1.29 is 9.21 Å². The first-order valence-corrected chi connectivity index (χ1v) is 8.60. The number of aromatic nitrogens is 2. The molecule has 0 N–H and O–H groups in total. The van der Waals surface area contributed by atoms with E-state index in [4.69, 9.17) is 4.42 Å². The molecule has 4 heterocycles. The Morgan fingerprint density at radius 2 is 2.13 bits per heavy atom. The fourth-order valence-corrected chi connectivity index (χ4v) is 3.50. The number of hydrogen-bond donors (Lipinski definition) is 0. The summed E-state index contributed by atoms with van der Waals surface area (Å²) in [4.78, 5) is 12.8. The first-order chi connectivity index (χ1) is 11.0. The number of halogens is 2. The normalized spacial score (nSPS) is 14.4. The summed E-state index contributed by atoms with van der Waals surface area (Å²) in [5.74, 6) is 0.748. The number of hydrazine groups is 1. The van der Waals surface area contributed by atoms with Gasteiger partial charge in [-0.1, -0.05) is 0 Å². The van der Waals surface area contributed by atoms with E-state index in [9.17, 15) is 4.79 Å². The summed E-state index contributed by atoms with van der Waals surface area (Å²) >= 11 is 6.74. The Morgan fingerprint density at radius 1 is 1.30 bits per heavy atom. The van der Waals surface area contributed by atoms with Crippen molar-refractivity contribution in [3.8, 4) is 0 Å². The summed E-state index contributed by atoms with van der Waals surface area (Å²) in [5, 5.41) is 7.88. The average molecular weight is 440 g/mol. The number of hydrogen-bond acceptors (Lipinski definition) is 4. The van der Waals surface area contributed by atoms with E-state index < -0.39 is 0 Å². The van der Waals surface area contributed by atoms with Crippen molar-refractivity contribution in [1.29, 1.82) is 0 Å². The molecule has 23 heavy (non-hydrogen) atoms. The fourth-order valence-electron chi connectivity index (χ4n) is 2.76. The van der Waals surface area contributed by atoms with Gasteiger partial charge in [0, 0.05) is 30.2 Å². The number of carbonyl (C=O) groups excluding carboxylic acids is 1. The van der Waals surface area contributed by atoms with Gasteiger partial charge in [-0.25, -0.2) is 9.52 Å². The molecular weight excluding hydrogens is 428 g/mol. The highest BCUT2D eigenvalue weighted by Crippen LogP contribution is 2.32. The quantitative estimate of drug-likeness (QED) is 0.582. The van der Waals surface area contributed by atoms with Crippen LogP contribution in [0.15, 0.2) is 44.0 Å². The summed E-state index contributed by atoms with van der Waals surface area (Å²) in [7, 11) is 1.85. The van der Waals surface area contributed by atoms with E-state index in [1.54, 1.807) is 15.6 Å². The zero-order chi connectivity index (χ0) is 16.1. The van der Waals surface area contributed by atoms with Crippen molar-refractivity contribution >= 4 is 49.0 Å². The zero-order valence-corrected chi connectivity index (χ0v) is 15.3. The Balaban J connectivity index is 1.68. The van der Waals surface area contributed by atoms with E-state index in [-0.39, 0.29) is 5.91 Å². The lowest BCUT2D eigenvalue weighted by Crippen LogP contribution is -2.48. The smallest absolute Gasteiger partial charge is 0.292 e. The molecule has 3 aromatic heterocycles. The van der Waals surface area contributed by atoms with Crippen LogP contribution in [0.3, 0.4) is 0 Å². The number of amides is 1. The molecule has 1 aliphatic rings. The number of pyridine rings is 1. The predicted molar refractivity (Wildman–Crippen MR) is 92.4 cm³/mol. The Bertz CT molecular complexity index is 917. The molecule has 0 atom stereocenters. The molecule has 118 valence electrons. The van der Waals surface area contributed by atoms with Crippen molar-refractivity contribution in [2.75, 3.05) is 18.6 Å². The van der Waals surface area contributed by atoms with Gasteiger partial charge in [-0.15, -0.1) is 0 Å². The zero-order valence-electron chi connectivity index (χ0n) is 12.2. The van der Waals surface area contributed by atoms with Crippen LogP contribution in [-0.4, -0.2) is 34.1 Å². The van der Waals surface area contributed by atoms with Crippen LogP contribution in [-0.2, 0) is 6.42 Å². The van der Waals surface area contributed by atoms with E-state index >= 15 is 0 Å². The van der Waals surface area contributed by atoms with Crippen LogP contribution in [0.25, 0.3) is 5.52 Å². The number of rotatable bonds is 1. The molecule has 8 heteroatoms. The highest BCUT2D eigenvalue weighted by Gasteiger charge is 2.30. The summed E-state index contributed by atoms with van der Waals surface area (Å²) in [5.41, 5.74) is 2.19. The summed E-state index contributed by atoms with van der Waals surface area (Å²) < 4.78 is 8.86. The van der Waals surface area contributed by atoms with Gasteiger partial charge in [0.15, 0.2) is 10.4 Å². The Morgan fingerprint density at radius 3 is 2.96 bits per heavy atom. The van der Waals surface area contributed by atoms with Crippen LogP contribution in [0.2, 0.25) is 0 Å². The topological polar surface area (TPSA) is 54.0 Å². The standard InChI is InChI=1S/C15H12Br2N4O2/c1-19-12-7-14(17)23-13(12)4-5-21(19)15(22)11-6-10-3-2-9(16)8-20(10)18-11/h2-3,6-8H,4-5H2,1H3. The molecule has 1 aliphatic heterocycles. The Kier molecular flexibility index (Phi) is 3.46. The SMILES string of the molecule is CN1c2cc(Br)oc2CCN1C(=O)c1cc2ccc(Br)cn2n1. The molecule has 1 amide bonds. The number of anilines is 1. The predicted octanol–water partition coefficient (Wildman–Crippen LogP) is 3.50. The van der Waals surface area contributed by atoms with Crippen LogP contribution >= 0.6 is 31.9 Å². The van der Waals surface area contributed by atoms with Gasteiger partial charge in [0.05, 0.1) is 17.7 Å². The molecule has 0 saturated heterocycles. The molecule has 3 aromatic rings. The van der Waals surface area contributed by atoms with Crippen molar-refractivity contribution in [3.63, 3.8) is 0 Å². The lowest BCUT2D eigenvalue weighted by Gasteiger charge is -2.35. The van der Waals surface area contributed by atoms with Gasteiger partial charge in [0.2, 0.25) is 0 Å². The van der Waals surface area contributed by atoms with Crippen molar-refractivity contribution in [2.45, 2.75) is 6.42 Å². The minimum absolute atomic E-state index is 0.129. The minimum atomic E-state index is -0.129.